The molecule has 3 aromatic rings. The van der Waals surface area contributed by atoms with Crippen LogP contribution in [0.4, 0.5) is 4.39 Å². The highest BCUT2D eigenvalue weighted by Gasteiger charge is 2.30. The van der Waals surface area contributed by atoms with E-state index in [0.717, 1.165) is 40.3 Å². The summed E-state index contributed by atoms with van der Waals surface area (Å²) in [5.41, 5.74) is 9.12. The Morgan fingerprint density at radius 3 is 2.43 bits per heavy atom. The molecule has 0 aliphatic rings. The van der Waals surface area contributed by atoms with Crippen LogP contribution < -0.4 is 21.1 Å². The second-order valence-corrected chi connectivity index (χ2v) is 13.2. The van der Waals surface area contributed by atoms with Crippen LogP contribution in [0.2, 0.25) is 0 Å². The summed E-state index contributed by atoms with van der Waals surface area (Å²) in [5, 5.41) is 8.75. The molecule has 0 saturated heterocycles. The number of nitrogens with one attached hydrogen (secondary N) is 2. The molecule has 2 amide bonds. The number of carbonyl (C=O) groups is 2. The third kappa shape index (κ3) is 12.6. The maximum Gasteiger partial charge on any atom is 0.243 e. The first kappa shape index (κ1) is 38.1. The fourth-order valence-electron chi connectivity index (χ4n) is 5.13. The van der Waals surface area contributed by atoms with Crippen molar-refractivity contribution in [3.63, 3.8) is 0 Å². The van der Waals surface area contributed by atoms with E-state index >= 15 is 0 Å². The number of rotatable bonds is 21. The number of aromatic nitrogens is 1. The van der Waals surface area contributed by atoms with Crippen molar-refractivity contribution >= 4 is 23.2 Å². The number of carbonyl (C=O) groups excluding carboxylic acids is 2. The van der Waals surface area contributed by atoms with E-state index in [-0.39, 0.29) is 48.0 Å². The molecule has 3 rings (SSSR count). The quantitative estimate of drug-likeness (QED) is 0.117. The maximum atomic E-state index is 13.5. The first-order chi connectivity index (χ1) is 22.6. The number of ether oxygens (including phenoxy) is 3. The summed E-state index contributed by atoms with van der Waals surface area (Å²) in [5.74, 6) is -0.311. The van der Waals surface area contributed by atoms with Gasteiger partial charge in [0.15, 0.2) is 0 Å². The average Bonchev–Trinajstić information content (AvgIpc) is 3.60. The zero-order valence-corrected chi connectivity index (χ0v) is 29.1. The molecule has 4 atom stereocenters. The fourth-order valence-corrected chi connectivity index (χ4v) is 5.80. The molecule has 0 saturated carbocycles. The molecule has 0 aliphatic heterocycles. The van der Waals surface area contributed by atoms with Gasteiger partial charge in [-0.05, 0) is 60.1 Å². The molecule has 0 bridgehead atoms. The maximum absolute atomic E-state index is 13.5. The lowest BCUT2D eigenvalue weighted by molar-refractivity contribution is -0.133. The predicted octanol–water partition coefficient (Wildman–Crippen LogP) is 6.11. The molecule has 1 aromatic heterocycles. The van der Waals surface area contributed by atoms with Crippen LogP contribution in [0.25, 0.3) is 10.6 Å². The van der Waals surface area contributed by atoms with Gasteiger partial charge in [0.25, 0.3) is 0 Å². The summed E-state index contributed by atoms with van der Waals surface area (Å²) < 4.78 is 30.5. The standard InChI is InChI=1S/C36H51FN4O5S/c1-6-25(4)33(35(43)40-21-26-8-11-28(37)12-9-26)41-34(42)30(24(2)3)15-13-29(38)23-45-22-27-10-14-31(36-39-16-19-47-36)32(20-27)46-18-7-17-44-5/h8-12,14,16,19-20,24-25,29-30,33H,6-7,13,15,17-18,21-23,38H2,1-5H3,(H,40,43)(H,41,42)/t25-,29?,30?,33?/m0/s1. The Hall–Kier alpha value is -3.38. The first-order valence-electron chi connectivity index (χ1n) is 16.4. The third-order valence-electron chi connectivity index (χ3n) is 8.22. The van der Waals surface area contributed by atoms with Gasteiger partial charge in [0.2, 0.25) is 11.8 Å². The van der Waals surface area contributed by atoms with Crippen LogP contribution in [-0.2, 0) is 32.2 Å². The number of hydrogen-bond donors (Lipinski definition) is 3. The van der Waals surface area contributed by atoms with Crippen molar-refractivity contribution in [1.82, 2.24) is 15.6 Å². The summed E-state index contributed by atoms with van der Waals surface area (Å²) in [4.78, 5) is 31.0. The van der Waals surface area contributed by atoms with Crippen LogP contribution in [0.15, 0.2) is 54.0 Å². The van der Waals surface area contributed by atoms with Crippen molar-refractivity contribution < 1.29 is 28.2 Å². The molecular formula is C36H51FN4O5S. The average molecular weight is 671 g/mol. The summed E-state index contributed by atoms with van der Waals surface area (Å²) in [7, 11) is 1.67. The molecule has 3 unspecified atom stereocenters. The van der Waals surface area contributed by atoms with E-state index in [1.807, 2.05) is 51.3 Å². The van der Waals surface area contributed by atoms with E-state index < -0.39 is 6.04 Å². The molecule has 258 valence electrons. The highest BCUT2D eigenvalue weighted by Crippen LogP contribution is 2.33. The van der Waals surface area contributed by atoms with Gasteiger partial charge >= 0.3 is 0 Å². The molecule has 2 aromatic carbocycles. The highest BCUT2D eigenvalue weighted by atomic mass is 32.1. The van der Waals surface area contributed by atoms with Gasteiger partial charge in [-0.1, -0.05) is 52.3 Å². The minimum absolute atomic E-state index is 0.0571. The fraction of sp³-hybridized carbons (Fsp3) is 0.528. The second-order valence-electron chi connectivity index (χ2n) is 12.3. The summed E-state index contributed by atoms with van der Waals surface area (Å²) in [6, 6.07) is 11.0. The summed E-state index contributed by atoms with van der Waals surface area (Å²) >= 11 is 1.56. The van der Waals surface area contributed by atoms with Crippen LogP contribution in [0.1, 0.15) is 64.5 Å². The molecule has 0 radical (unpaired) electrons. The smallest absolute Gasteiger partial charge is 0.243 e. The lowest BCUT2D eigenvalue weighted by Crippen LogP contribution is -2.52. The van der Waals surface area contributed by atoms with Crippen LogP contribution in [-0.4, -0.2) is 55.8 Å². The molecule has 47 heavy (non-hydrogen) atoms. The number of hydrogen-bond acceptors (Lipinski definition) is 8. The number of nitrogens with zero attached hydrogens (tertiary/aromatic N) is 1. The molecule has 0 spiro atoms. The number of thiazole rings is 1. The van der Waals surface area contributed by atoms with Gasteiger partial charge in [-0.3, -0.25) is 9.59 Å². The van der Waals surface area contributed by atoms with Crippen molar-refractivity contribution in [2.24, 2.45) is 23.5 Å². The zero-order chi connectivity index (χ0) is 34.2. The Labute approximate surface area is 282 Å². The van der Waals surface area contributed by atoms with Crippen LogP contribution in [0.5, 0.6) is 5.75 Å². The van der Waals surface area contributed by atoms with Gasteiger partial charge in [-0.25, -0.2) is 9.37 Å². The van der Waals surface area contributed by atoms with Crippen molar-refractivity contribution in [1.29, 1.82) is 0 Å². The van der Waals surface area contributed by atoms with Gasteiger partial charge in [-0.15, -0.1) is 11.3 Å². The normalized spacial score (nSPS) is 14.0. The van der Waals surface area contributed by atoms with E-state index in [9.17, 15) is 14.0 Å². The van der Waals surface area contributed by atoms with E-state index in [4.69, 9.17) is 19.9 Å². The lowest BCUT2D eigenvalue weighted by Gasteiger charge is -2.28. The summed E-state index contributed by atoms with van der Waals surface area (Å²) in [6.07, 6.45) is 4.44. The van der Waals surface area contributed by atoms with Crippen LogP contribution >= 0.6 is 11.3 Å². The lowest BCUT2D eigenvalue weighted by atomic mass is 9.88. The SMILES string of the molecule is CC[C@H](C)C(NC(=O)C(CCC(N)COCc1ccc(-c2nccs2)c(OCCCOC)c1)C(C)C)C(=O)NCc1ccc(F)cc1. The number of benzene rings is 2. The van der Waals surface area contributed by atoms with Crippen molar-refractivity contribution in [2.75, 3.05) is 26.9 Å². The van der Waals surface area contributed by atoms with Gasteiger partial charge in [0, 0.05) is 50.2 Å². The number of halogens is 1. The van der Waals surface area contributed by atoms with Gasteiger partial charge in [0.1, 0.15) is 22.6 Å². The first-order valence-corrected chi connectivity index (χ1v) is 17.3. The van der Waals surface area contributed by atoms with Crippen molar-refractivity contribution in [3.8, 4) is 16.3 Å². The van der Waals surface area contributed by atoms with E-state index in [2.05, 4.69) is 15.6 Å². The zero-order valence-electron chi connectivity index (χ0n) is 28.3. The summed E-state index contributed by atoms with van der Waals surface area (Å²) in [6.45, 7) is 10.1. The van der Waals surface area contributed by atoms with Gasteiger partial charge in [0.05, 0.1) is 25.4 Å². The van der Waals surface area contributed by atoms with Gasteiger partial charge in [-0.2, -0.15) is 0 Å². The Kier molecular flexibility index (Phi) is 16.3. The van der Waals surface area contributed by atoms with E-state index in [1.54, 1.807) is 36.8 Å². The largest absolute Gasteiger partial charge is 0.493 e. The molecule has 11 heteroatoms. The molecule has 9 nitrogen and oxygen atoms in total. The Bertz CT molecular complexity index is 1360. The van der Waals surface area contributed by atoms with E-state index in [0.29, 0.717) is 39.3 Å². The van der Waals surface area contributed by atoms with Crippen molar-refractivity contribution in [2.45, 2.75) is 78.6 Å². The third-order valence-corrected chi connectivity index (χ3v) is 9.03. The molecule has 0 aliphatic carbocycles. The number of methoxy groups -OCH3 is 1. The Balaban J connectivity index is 1.52. The molecule has 4 N–H and O–H groups in total. The molecular weight excluding hydrogens is 619 g/mol. The minimum Gasteiger partial charge on any atom is -0.493 e. The predicted molar refractivity (Wildman–Crippen MR) is 184 cm³/mol. The van der Waals surface area contributed by atoms with E-state index in [1.165, 1.54) is 12.1 Å². The molecule has 0 fully saturated rings. The number of nitrogens with two attached hydrogens (primary N) is 1. The second kappa shape index (κ2) is 20.1. The monoisotopic (exact) mass is 670 g/mol. The van der Waals surface area contributed by atoms with Crippen LogP contribution in [0.3, 0.4) is 0 Å². The molecule has 1 heterocycles. The van der Waals surface area contributed by atoms with Crippen molar-refractivity contribution in [3.05, 3.63) is 71.0 Å². The number of amides is 2. The minimum atomic E-state index is -0.679. The van der Waals surface area contributed by atoms with Crippen LogP contribution in [0, 0.1) is 23.6 Å². The Morgan fingerprint density at radius 1 is 1.02 bits per heavy atom. The van der Waals surface area contributed by atoms with Gasteiger partial charge < -0.3 is 30.6 Å². The Morgan fingerprint density at radius 2 is 1.77 bits per heavy atom. The topological polar surface area (TPSA) is 125 Å². The highest BCUT2D eigenvalue weighted by molar-refractivity contribution is 7.13.